The molecule has 1 fully saturated rings. The molecule has 1 aromatic carbocycles. The van der Waals surface area contributed by atoms with E-state index >= 15 is 0 Å². The average Bonchev–Trinajstić information content (AvgIpc) is 2.14. The molecule has 3 heteroatoms. The highest BCUT2D eigenvalue weighted by Gasteiger charge is 2.37. The molecule has 1 aliphatic rings. The first-order chi connectivity index (χ1) is 6.24. The fraction of sp³-hybridized carbons (Fsp3) is 0.400. The molecule has 1 aliphatic heterocycles. The number of rotatable bonds is 2. The summed E-state index contributed by atoms with van der Waals surface area (Å²) in [7, 11) is 1.62. The van der Waals surface area contributed by atoms with Crippen molar-refractivity contribution < 1.29 is 14.6 Å². The zero-order valence-electron chi connectivity index (χ0n) is 7.49. The van der Waals surface area contributed by atoms with E-state index in [-0.39, 0.29) is 0 Å². The molecule has 70 valence electrons. The van der Waals surface area contributed by atoms with Gasteiger partial charge in [-0.25, -0.2) is 0 Å². The van der Waals surface area contributed by atoms with Crippen molar-refractivity contribution in [3.8, 4) is 5.75 Å². The van der Waals surface area contributed by atoms with Crippen LogP contribution in [0.25, 0.3) is 0 Å². The van der Waals surface area contributed by atoms with E-state index in [0.717, 1.165) is 11.3 Å². The van der Waals surface area contributed by atoms with Crippen LogP contribution in [0.3, 0.4) is 0 Å². The van der Waals surface area contributed by atoms with Gasteiger partial charge in [0.2, 0.25) is 0 Å². The molecule has 1 saturated heterocycles. The summed E-state index contributed by atoms with van der Waals surface area (Å²) in [6, 6.07) is 7.40. The Morgan fingerprint density at radius 2 is 1.92 bits per heavy atom. The van der Waals surface area contributed by atoms with Crippen LogP contribution in [0, 0.1) is 0 Å². The Hall–Kier alpha value is -1.06. The van der Waals surface area contributed by atoms with E-state index in [2.05, 4.69) is 0 Å². The minimum atomic E-state index is -0.772. The molecule has 0 saturated carbocycles. The fourth-order valence-corrected chi connectivity index (χ4v) is 1.36. The number of benzene rings is 1. The van der Waals surface area contributed by atoms with Crippen molar-refractivity contribution in [3.63, 3.8) is 0 Å². The predicted molar refractivity (Wildman–Crippen MR) is 47.7 cm³/mol. The van der Waals surface area contributed by atoms with Crippen LogP contribution in [0.15, 0.2) is 24.3 Å². The molecule has 2 rings (SSSR count). The van der Waals surface area contributed by atoms with Crippen LogP contribution in [0.4, 0.5) is 0 Å². The molecule has 1 heterocycles. The smallest absolute Gasteiger partial charge is 0.136 e. The molecule has 1 aromatic rings. The highest BCUT2D eigenvalue weighted by molar-refractivity contribution is 5.31. The maximum Gasteiger partial charge on any atom is 0.136 e. The van der Waals surface area contributed by atoms with Crippen LogP contribution >= 0.6 is 0 Å². The largest absolute Gasteiger partial charge is 0.497 e. The second kappa shape index (κ2) is 3.01. The van der Waals surface area contributed by atoms with E-state index in [1.165, 1.54) is 0 Å². The van der Waals surface area contributed by atoms with Crippen molar-refractivity contribution in [1.82, 2.24) is 0 Å². The van der Waals surface area contributed by atoms with E-state index in [1.807, 2.05) is 24.3 Å². The molecule has 0 atom stereocenters. The van der Waals surface area contributed by atoms with Gasteiger partial charge in [0.25, 0.3) is 0 Å². The molecule has 3 nitrogen and oxygen atoms in total. The second-order valence-corrected chi connectivity index (χ2v) is 3.25. The number of ether oxygens (including phenoxy) is 2. The van der Waals surface area contributed by atoms with Gasteiger partial charge in [-0.05, 0) is 17.7 Å². The Kier molecular flexibility index (Phi) is 1.98. The summed E-state index contributed by atoms with van der Waals surface area (Å²) in [6.07, 6.45) is 0. The Balaban J connectivity index is 2.22. The van der Waals surface area contributed by atoms with Crippen LogP contribution < -0.4 is 4.74 Å². The van der Waals surface area contributed by atoms with E-state index in [4.69, 9.17) is 9.47 Å². The number of methoxy groups -OCH3 is 1. The van der Waals surface area contributed by atoms with E-state index in [9.17, 15) is 5.11 Å². The summed E-state index contributed by atoms with van der Waals surface area (Å²) >= 11 is 0. The Bertz CT molecular complexity index is 288. The first-order valence-electron chi connectivity index (χ1n) is 4.19. The number of hydrogen-bond donors (Lipinski definition) is 1. The summed E-state index contributed by atoms with van der Waals surface area (Å²) in [5.41, 5.74) is 0.117. The fourth-order valence-electron chi connectivity index (χ4n) is 1.36. The minimum Gasteiger partial charge on any atom is -0.497 e. The number of aliphatic hydroxyl groups is 1. The standard InChI is InChI=1S/C10H12O3/c1-12-9-4-2-8(3-5-9)10(11)6-13-7-10/h2-5,11H,6-7H2,1H3. The molecule has 0 aromatic heterocycles. The lowest BCUT2D eigenvalue weighted by Crippen LogP contribution is -2.46. The Morgan fingerprint density at radius 3 is 2.31 bits per heavy atom. The van der Waals surface area contributed by atoms with Crippen LogP contribution in [-0.4, -0.2) is 25.4 Å². The molecule has 0 aliphatic carbocycles. The Labute approximate surface area is 76.9 Å². The zero-order valence-corrected chi connectivity index (χ0v) is 7.49. The summed E-state index contributed by atoms with van der Waals surface area (Å²) < 4.78 is 9.99. The summed E-state index contributed by atoms with van der Waals surface area (Å²) in [4.78, 5) is 0. The van der Waals surface area contributed by atoms with Gasteiger partial charge in [-0.1, -0.05) is 12.1 Å². The molecule has 0 spiro atoms. The van der Waals surface area contributed by atoms with Gasteiger partial charge in [-0.3, -0.25) is 0 Å². The van der Waals surface area contributed by atoms with Crippen molar-refractivity contribution in [2.75, 3.05) is 20.3 Å². The molecule has 0 bridgehead atoms. The molecular formula is C10H12O3. The van der Waals surface area contributed by atoms with Crippen LogP contribution in [-0.2, 0) is 10.3 Å². The van der Waals surface area contributed by atoms with Gasteiger partial charge in [0.05, 0.1) is 20.3 Å². The normalized spacial score (nSPS) is 19.2. The Morgan fingerprint density at radius 1 is 1.31 bits per heavy atom. The van der Waals surface area contributed by atoms with Crippen molar-refractivity contribution in [2.24, 2.45) is 0 Å². The van der Waals surface area contributed by atoms with Gasteiger partial charge >= 0.3 is 0 Å². The van der Waals surface area contributed by atoms with E-state index in [0.29, 0.717) is 13.2 Å². The lowest BCUT2D eigenvalue weighted by atomic mass is 9.92. The quantitative estimate of drug-likeness (QED) is 0.735. The molecule has 1 N–H and O–H groups in total. The lowest BCUT2D eigenvalue weighted by molar-refractivity contribution is -0.184. The summed E-state index contributed by atoms with van der Waals surface area (Å²) in [5.74, 6) is 0.799. The van der Waals surface area contributed by atoms with Crippen molar-refractivity contribution in [1.29, 1.82) is 0 Å². The first kappa shape index (κ1) is 8.53. The molecule has 0 radical (unpaired) electrons. The summed E-state index contributed by atoms with van der Waals surface area (Å²) in [6.45, 7) is 0.776. The lowest BCUT2D eigenvalue weighted by Gasteiger charge is -2.36. The van der Waals surface area contributed by atoms with Gasteiger partial charge < -0.3 is 14.6 Å². The zero-order chi connectivity index (χ0) is 9.31. The van der Waals surface area contributed by atoms with E-state index < -0.39 is 5.60 Å². The number of hydrogen-bond acceptors (Lipinski definition) is 3. The van der Waals surface area contributed by atoms with Crippen molar-refractivity contribution in [2.45, 2.75) is 5.60 Å². The van der Waals surface area contributed by atoms with E-state index in [1.54, 1.807) is 7.11 Å². The highest BCUT2D eigenvalue weighted by Crippen LogP contribution is 2.30. The average molecular weight is 180 g/mol. The van der Waals surface area contributed by atoms with Crippen molar-refractivity contribution in [3.05, 3.63) is 29.8 Å². The van der Waals surface area contributed by atoms with Gasteiger partial charge in [0.15, 0.2) is 0 Å². The third-order valence-electron chi connectivity index (χ3n) is 2.31. The third kappa shape index (κ3) is 1.41. The molecular weight excluding hydrogens is 168 g/mol. The monoisotopic (exact) mass is 180 g/mol. The highest BCUT2D eigenvalue weighted by atomic mass is 16.5. The van der Waals surface area contributed by atoms with Gasteiger partial charge in [-0.2, -0.15) is 0 Å². The first-order valence-corrected chi connectivity index (χ1v) is 4.19. The van der Waals surface area contributed by atoms with Gasteiger partial charge in [0, 0.05) is 0 Å². The second-order valence-electron chi connectivity index (χ2n) is 3.25. The van der Waals surface area contributed by atoms with Gasteiger partial charge in [0.1, 0.15) is 11.4 Å². The predicted octanol–water partition coefficient (Wildman–Crippen LogP) is 0.913. The van der Waals surface area contributed by atoms with Crippen molar-refractivity contribution >= 4 is 0 Å². The van der Waals surface area contributed by atoms with Crippen LogP contribution in [0.5, 0.6) is 5.75 Å². The SMILES string of the molecule is COc1ccc(C2(O)COC2)cc1. The minimum absolute atomic E-state index is 0.388. The van der Waals surface area contributed by atoms with Gasteiger partial charge in [-0.15, -0.1) is 0 Å². The molecule has 0 amide bonds. The maximum absolute atomic E-state index is 9.88. The van der Waals surface area contributed by atoms with Crippen LogP contribution in [0.2, 0.25) is 0 Å². The summed E-state index contributed by atoms with van der Waals surface area (Å²) in [5, 5.41) is 9.88. The van der Waals surface area contributed by atoms with Crippen LogP contribution in [0.1, 0.15) is 5.56 Å². The molecule has 13 heavy (non-hydrogen) atoms. The maximum atomic E-state index is 9.88. The topological polar surface area (TPSA) is 38.7 Å². The third-order valence-corrected chi connectivity index (χ3v) is 2.31. The molecule has 0 unspecified atom stereocenters.